The van der Waals surface area contributed by atoms with Crippen LogP contribution in [0, 0.1) is 17.1 Å². The quantitative estimate of drug-likeness (QED) is 0.773. The summed E-state index contributed by atoms with van der Waals surface area (Å²) < 4.78 is 15.2. The van der Waals surface area contributed by atoms with Crippen LogP contribution in [0.2, 0.25) is 5.02 Å². The largest absolute Gasteiger partial charge is 0.304 e. The minimum Gasteiger partial charge on any atom is -0.304 e. The molecule has 0 aliphatic carbocycles. The van der Waals surface area contributed by atoms with Crippen LogP contribution in [-0.2, 0) is 6.54 Å². The predicted octanol–water partition coefficient (Wildman–Crippen LogP) is 3.85. The summed E-state index contributed by atoms with van der Waals surface area (Å²) >= 11 is 6.10. The van der Waals surface area contributed by atoms with Gasteiger partial charge in [-0.2, -0.15) is 10.4 Å². The highest BCUT2D eigenvalue weighted by Gasteiger charge is 2.13. The van der Waals surface area contributed by atoms with Crippen molar-refractivity contribution in [1.82, 2.24) is 9.78 Å². The molecule has 3 rings (SSSR count). The van der Waals surface area contributed by atoms with E-state index in [2.05, 4.69) is 10.4 Å². The Kier molecular flexibility index (Phi) is 4.78. The molecule has 0 aliphatic heterocycles. The Bertz CT molecular complexity index is 977. The van der Waals surface area contributed by atoms with Gasteiger partial charge in [-0.05, 0) is 24.3 Å². The van der Waals surface area contributed by atoms with Gasteiger partial charge in [-0.3, -0.25) is 9.48 Å². The van der Waals surface area contributed by atoms with Crippen molar-refractivity contribution in [3.8, 4) is 6.07 Å². The van der Waals surface area contributed by atoms with Crippen LogP contribution in [-0.4, -0.2) is 15.7 Å². The van der Waals surface area contributed by atoms with E-state index in [0.29, 0.717) is 16.7 Å². The Balaban J connectivity index is 1.77. The van der Waals surface area contributed by atoms with Gasteiger partial charge >= 0.3 is 0 Å². The van der Waals surface area contributed by atoms with Crippen molar-refractivity contribution in [2.24, 2.45) is 0 Å². The number of anilines is 1. The van der Waals surface area contributed by atoms with Crippen molar-refractivity contribution < 1.29 is 9.18 Å². The number of hydrogen-bond donors (Lipinski definition) is 1. The van der Waals surface area contributed by atoms with Crippen molar-refractivity contribution >= 4 is 23.3 Å². The van der Waals surface area contributed by atoms with Crippen molar-refractivity contribution in [2.75, 3.05) is 5.32 Å². The van der Waals surface area contributed by atoms with Crippen LogP contribution in [0.5, 0.6) is 0 Å². The number of nitrogens with zero attached hydrogens (tertiary/aromatic N) is 3. The van der Waals surface area contributed by atoms with Gasteiger partial charge in [0.1, 0.15) is 10.8 Å². The first-order chi connectivity index (χ1) is 12.1. The molecule has 1 heterocycles. The van der Waals surface area contributed by atoms with Crippen molar-refractivity contribution in [1.29, 1.82) is 5.26 Å². The summed E-state index contributed by atoms with van der Waals surface area (Å²) in [7, 11) is 0. The number of amides is 1. The van der Waals surface area contributed by atoms with E-state index in [4.69, 9.17) is 16.9 Å². The number of nitrogens with one attached hydrogen (secondary N) is 1. The van der Waals surface area contributed by atoms with Crippen molar-refractivity contribution in [3.63, 3.8) is 0 Å². The number of hydrogen-bond acceptors (Lipinski definition) is 3. The number of aromatic nitrogens is 2. The smallest absolute Gasteiger partial charge is 0.256 e. The highest BCUT2D eigenvalue weighted by molar-refractivity contribution is 6.33. The van der Waals surface area contributed by atoms with Gasteiger partial charge < -0.3 is 5.32 Å². The number of rotatable bonds is 4. The summed E-state index contributed by atoms with van der Waals surface area (Å²) in [5, 5.41) is 15.9. The third-order valence-corrected chi connectivity index (χ3v) is 3.77. The molecule has 2 aromatic carbocycles. The lowest BCUT2D eigenvalue weighted by atomic mass is 10.1. The average Bonchev–Trinajstić information content (AvgIpc) is 2.96. The molecular formula is C18H12ClFN4O. The zero-order chi connectivity index (χ0) is 17.8. The fourth-order valence-electron chi connectivity index (χ4n) is 2.27. The Hall–Kier alpha value is -3.17. The Labute approximate surface area is 148 Å². The minimum atomic E-state index is -0.435. The van der Waals surface area contributed by atoms with Crippen LogP contribution in [0.3, 0.4) is 0 Å². The maximum atomic E-state index is 13.7. The number of nitriles is 1. The summed E-state index contributed by atoms with van der Waals surface area (Å²) in [5.74, 6) is -0.603. The highest BCUT2D eigenvalue weighted by Crippen LogP contribution is 2.21. The van der Waals surface area contributed by atoms with Gasteiger partial charge in [0.2, 0.25) is 0 Å². The van der Waals surface area contributed by atoms with E-state index in [1.807, 2.05) is 6.07 Å². The molecule has 1 N–H and O–H groups in total. The predicted molar refractivity (Wildman–Crippen MR) is 91.8 cm³/mol. The van der Waals surface area contributed by atoms with E-state index in [1.54, 1.807) is 36.4 Å². The molecule has 1 aromatic heterocycles. The second kappa shape index (κ2) is 7.16. The van der Waals surface area contributed by atoms with Crippen LogP contribution in [0.1, 0.15) is 21.5 Å². The average molecular weight is 355 g/mol. The lowest BCUT2D eigenvalue weighted by molar-refractivity contribution is 0.102. The van der Waals surface area contributed by atoms with E-state index < -0.39 is 5.91 Å². The molecule has 0 saturated carbocycles. The summed E-state index contributed by atoms with van der Waals surface area (Å²) in [6.07, 6.45) is 1.51. The molecule has 0 fully saturated rings. The van der Waals surface area contributed by atoms with E-state index in [0.717, 1.165) is 0 Å². The molecule has 124 valence electrons. The lowest BCUT2D eigenvalue weighted by Crippen LogP contribution is -2.13. The summed E-state index contributed by atoms with van der Waals surface area (Å²) in [6.45, 7) is 0.187. The first-order valence-corrected chi connectivity index (χ1v) is 7.72. The number of carbonyl (C=O) groups is 1. The van der Waals surface area contributed by atoms with Crippen LogP contribution in [0.4, 0.5) is 10.2 Å². The number of carbonyl (C=O) groups excluding carboxylic acids is 1. The summed E-state index contributed by atoms with van der Waals surface area (Å²) in [5.41, 5.74) is 1.16. The first-order valence-electron chi connectivity index (χ1n) is 7.34. The molecule has 25 heavy (non-hydrogen) atoms. The van der Waals surface area contributed by atoms with Gasteiger partial charge in [0, 0.05) is 17.3 Å². The number of halogens is 2. The molecule has 3 aromatic rings. The fraction of sp³-hybridized carbons (Fsp3) is 0.0556. The van der Waals surface area contributed by atoms with Crippen LogP contribution in [0.15, 0.2) is 54.7 Å². The molecule has 0 spiro atoms. The summed E-state index contributed by atoms with van der Waals surface area (Å²) in [6, 6.07) is 14.6. The molecule has 0 bridgehead atoms. The van der Waals surface area contributed by atoms with Gasteiger partial charge in [-0.15, -0.1) is 0 Å². The van der Waals surface area contributed by atoms with Gasteiger partial charge in [-0.25, -0.2) is 4.39 Å². The second-order valence-electron chi connectivity index (χ2n) is 5.26. The lowest BCUT2D eigenvalue weighted by Gasteiger charge is -2.04. The molecule has 1 amide bonds. The Morgan fingerprint density at radius 1 is 1.28 bits per heavy atom. The number of benzene rings is 2. The Morgan fingerprint density at radius 2 is 2.08 bits per heavy atom. The maximum absolute atomic E-state index is 13.7. The molecule has 0 radical (unpaired) electrons. The van der Waals surface area contributed by atoms with Crippen LogP contribution in [0.25, 0.3) is 0 Å². The zero-order valence-electron chi connectivity index (χ0n) is 12.9. The van der Waals surface area contributed by atoms with E-state index in [-0.39, 0.29) is 23.2 Å². The molecule has 5 nitrogen and oxygen atoms in total. The van der Waals surface area contributed by atoms with Crippen molar-refractivity contribution in [2.45, 2.75) is 6.54 Å². The van der Waals surface area contributed by atoms with Gasteiger partial charge in [0.25, 0.3) is 5.91 Å². The SMILES string of the molecule is N#Cc1cccc(C(=O)Nc2nn(Cc3ccccc3F)cc2Cl)c1. The van der Waals surface area contributed by atoms with Crippen LogP contribution < -0.4 is 5.32 Å². The third kappa shape index (κ3) is 3.84. The third-order valence-electron chi connectivity index (χ3n) is 3.49. The first kappa shape index (κ1) is 16.7. The molecule has 0 unspecified atom stereocenters. The minimum absolute atomic E-state index is 0.172. The topological polar surface area (TPSA) is 70.7 Å². The molecule has 0 saturated heterocycles. The fourth-order valence-corrected chi connectivity index (χ4v) is 2.47. The Morgan fingerprint density at radius 3 is 2.84 bits per heavy atom. The summed E-state index contributed by atoms with van der Waals surface area (Å²) in [4.78, 5) is 12.3. The van der Waals surface area contributed by atoms with Crippen molar-refractivity contribution in [3.05, 3.63) is 82.3 Å². The molecular weight excluding hydrogens is 343 g/mol. The molecule has 0 atom stereocenters. The normalized spacial score (nSPS) is 10.3. The van der Waals surface area contributed by atoms with Gasteiger partial charge in [0.15, 0.2) is 5.82 Å². The molecule has 0 aliphatic rings. The monoisotopic (exact) mass is 354 g/mol. The van der Waals surface area contributed by atoms with Crippen LogP contribution >= 0.6 is 11.6 Å². The van der Waals surface area contributed by atoms with E-state index >= 15 is 0 Å². The van der Waals surface area contributed by atoms with Gasteiger partial charge in [-0.1, -0.05) is 35.9 Å². The maximum Gasteiger partial charge on any atom is 0.256 e. The highest BCUT2D eigenvalue weighted by atomic mass is 35.5. The van der Waals surface area contributed by atoms with E-state index in [9.17, 15) is 9.18 Å². The standard InChI is InChI=1S/C18H12ClFN4O/c19-15-11-24(10-14-5-1-2-7-16(14)20)23-17(15)22-18(25)13-6-3-4-12(8-13)9-21/h1-8,11H,10H2,(H,22,23,25). The van der Waals surface area contributed by atoms with E-state index in [1.165, 1.54) is 23.0 Å². The molecule has 7 heteroatoms. The van der Waals surface area contributed by atoms with Gasteiger partial charge in [0.05, 0.1) is 18.2 Å². The second-order valence-corrected chi connectivity index (χ2v) is 5.67. The zero-order valence-corrected chi connectivity index (χ0v) is 13.7.